The van der Waals surface area contributed by atoms with Crippen LogP contribution in [0.1, 0.15) is 29.4 Å². The van der Waals surface area contributed by atoms with Gasteiger partial charge in [-0.3, -0.25) is 4.68 Å². The fourth-order valence-electron chi connectivity index (χ4n) is 2.05. The van der Waals surface area contributed by atoms with Crippen LogP contribution in [0.3, 0.4) is 0 Å². The Morgan fingerprint density at radius 2 is 1.94 bits per heavy atom. The Balaban J connectivity index is 2.61. The number of hydrogen-bond acceptors (Lipinski definition) is 2. The highest BCUT2D eigenvalue weighted by Crippen LogP contribution is 2.19. The Labute approximate surface area is 95.9 Å². The lowest BCUT2D eigenvalue weighted by Crippen LogP contribution is -2.02. The molecule has 0 aliphatic carbocycles. The van der Waals surface area contributed by atoms with Gasteiger partial charge in [0.1, 0.15) is 0 Å². The lowest BCUT2D eigenvalue weighted by molar-refractivity contribution is 0.694. The van der Waals surface area contributed by atoms with Gasteiger partial charge in [0.25, 0.3) is 0 Å². The summed E-state index contributed by atoms with van der Waals surface area (Å²) in [6.45, 7) is 8.40. The van der Waals surface area contributed by atoms with Crippen LogP contribution in [0.25, 0.3) is 5.82 Å². The van der Waals surface area contributed by atoms with Crippen LogP contribution in [-0.4, -0.2) is 19.6 Å². The van der Waals surface area contributed by atoms with Crippen LogP contribution in [-0.2, 0) is 13.5 Å². The zero-order valence-electron chi connectivity index (χ0n) is 10.6. The van der Waals surface area contributed by atoms with Gasteiger partial charge in [-0.05, 0) is 32.8 Å². The molecule has 0 fully saturated rings. The summed E-state index contributed by atoms with van der Waals surface area (Å²) >= 11 is 0. The molecule has 0 spiro atoms. The first kappa shape index (κ1) is 10.9. The van der Waals surface area contributed by atoms with Crippen molar-refractivity contribution in [2.75, 3.05) is 0 Å². The van der Waals surface area contributed by atoms with Gasteiger partial charge in [0.2, 0.25) is 0 Å². The minimum absolute atomic E-state index is 0.949. The van der Waals surface area contributed by atoms with Crippen molar-refractivity contribution in [3.8, 4) is 5.82 Å². The van der Waals surface area contributed by atoms with Crippen molar-refractivity contribution in [1.82, 2.24) is 19.6 Å². The van der Waals surface area contributed by atoms with Crippen LogP contribution < -0.4 is 0 Å². The molecule has 2 aromatic heterocycles. The van der Waals surface area contributed by atoms with Gasteiger partial charge in [0.15, 0.2) is 5.82 Å². The fraction of sp³-hybridized carbons (Fsp3) is 0.500. The number of nitrogens with zero attached hydrogens (tertiary/aromatic N) is 4. The predicted molar refractivity (Wildman–Crippen MR) is 63.9 cm³/mol. The standard InChI is InChI=1S/C12H18N4/c1-6-11-9(3)12(14-15(11)5)16-10(4)8(2)7-13-16/h7H,6H2,1-5H3. The largest absolute Gasteiger partial charge is 0.270 e. The molecule has 2 rings (SSSR count). The normalized spacial score (nSPS) is 11.1. The maximum Gasteiger partial charge on any atom is 0.178 e. The van der Waals surface area contributed by atoms with Gasteiger partial charge in [-0.25, -0.2) is 4.68 Å². The van der Waals surface area contributed by atoms with E-state index in [4.69, 9.17) is 0 Å². The van der Waals surface area contributed by atoms with Gasteiger partial charge in [-0.1, -0.05) is 6.92 Å². The summed E-state index contributed by atoms with van der Waals surface area (Å²) in [6.07, 6.45) is 2.88. The van der Waals surface area contributed by atoms with Crippen molar-refractivity contribution in [3.63, 3.8) is 0 Å². The lowest BCUT2D eigenvalue weighted by Gasteiger charge is -2.01. The second-order valence-electron chi connectivity index (χ2n) is 4.20. The van der Waals surface area contributed by atoms with Crippen LogP contribution in [0.4, 0.5) is 0 Å². The average Bonchev–Trinajstić information content (AvgIpc) is 2.70. The maximum absolute atomic E-state index is 4.54. The first-order valence-corrected chi connectivity index (χ1v) is 5.60. The molecule has 0 bridgehead atoms. The number of aryl methyl sites for hydroxylation is 2. The van der Waals surface area contributed by atoms with Crippen molar-refractivity contribution in [1.29, 1.82) is 0 Å². The Kier molecular flexibility index (Phi) is 2.58. The van der Waals surface area contributed by atoms with E-state index in [1.165, 1.54) is 16.8 Å². The first-order valence-electron chi connectivity index (χ1n) is 5.60. The van der Waals surface area contributed by atoms with Crippen molar-refractivity contribution < 1.29 is 0 Å². The summed E-state index contributed by atoms with van der Waals surface area (Å²) in [4.78, 5) is 0. The SMILES string of the molecule is CCc1c(C)c(-n2ncc(C)c2C)nn1C. The smallest absolute Gasteiger partial charge is 0.178 e. The lowest BCUT2D eigenvalue weighted by atomic mass is 10.2. The molecule has 4 nitrogen and oxygen atoms in total. The summed E-state index contributed by atoms with van der Waals surface area (Å²) in [7, 11) is 1.99. The molecule has 0 aliphatic heterocycles. The molecular weight excluding hydrogens is 200 g/mol. The molecule has 16 heavy (non-hydrogen) atoms. The van der Waals surface area contributed by atoms with Gasteiger partial charge >= 0.3 is 0 Å². The predicted octanol–water partition coefficient (Wildman–Crippen LogP) is 2.09. The molecule has 86 valence electrons. The van der Waals surface area contributed by atoms with E-state index >= 15 is 0 Å². The van der Waals surface area contributed by atoms with Crippen LogP contribution in [0.15, 0.2) is 6.20 Å². The Morgan fingerprint density at radius 3 is 2.38 bits per heavy atom. The fourth-order valence-corrected chi connectivity index (χ4v) is 2.05. The first-order chi connectivity index (χ1) is 7.56. The van der Waals surface area contributed by atoms with Crippen molar-refractivity contribution >= 4 is 0 Å². The second kappa shape index (κ2) is 3.77. The van der Waals surface area contributed by atoms with Crippen molar-refractivity contribution in [2.24, 2.45) is 7.05 Å². The summed E-state index contributed by atoms with van der Waals surface area (Å²) < 4.78 is 3.87. The molecule has 0 radical (unpaired) electrons. The van der Waals surface area contributed by atoms with Crippen LogP contribution in [0, 0.1) is 20.8 Å². The van der Waals surface area contributed by atoms with Crippen LogP contribution in [0.2, 0.25) is 0 Å². The monoisotopic (exact) mass is 218 g/mol. The highest BCUT2D eigenvalue weighted by molar-refractivity contribution is 5.38. The molecule has 0 aromatic carbocycles. The summed E-state index contributed by atoms with van der Waals surface area (Å²) in [5.41, 5.74) is 4.84. The topological polar surface area (TPSA) is 35.6 Å². The van der Waals surface area contributed by atoms with Crippen molar-refractivity contribution in [3.05, 3.63) is 28.7 Å². The van der Waals surface area contributed by atoms with E-state index in [0.29, 0.717) is 0 Å². The van der Waals surface area contributed by atoms with Gasteiger partial charge < -0.3 is 0 Å². The van der Waals surface area contributed by atoms with Crippen LogP contribution in [0.5, 0.6) is 0 Å². The average molecular weight is 218 g/mol. The van der Waals surface area contributed by atoms with E-state index in [2.05, 4.69) is 37.9 Å². The minimum atomic E-state index is 0.949. The third-order valence-electron chi connectivity index (χ3n) is 3.19. The van der Waals surface area contributed by atoms with E-state index in [-0.39, 0.29) is 0 Å². The molecule has 0 saturated heterocycles. The molecule has 4 heteroatoms. The van der Waals surface area contributed by atoms with Gasteiger partial charge in [-0.15, -0.1) is 0 Å². The Morgan fingerprint density at radius 1 is 1.25 bits per heavy atom. The summed E-state index contributed by atoms with van der Waals surface area (Å²) in [5.74, 6) is 0.949. The molecular formula is C12H18N4. The number of aromatic nitrogens is 4. The Bertz CT molecular complexity index is 519. The van der Waals surface area contributed by atoms with Gasteiger partial charge in [-0.2, -0.15) is 10.2 Å². The zero-order chi connectivity index (χ0) is 11.9. The number of hydrogen-bond donors (Lipinski definition) is 0. The highest BCUT2D eigenvalue weighted by Gasteiger charge is 2.15. The molecule has 0 atom stereocenters. The minimum Gasteiger partial charge on any atom is -0.270 e. The van der Waals surface area contributed by atoms with E-state index < -0.39 is 0 Å². The summed E-state index contributed by atoms with van der Waals surface area (Å²) in [5, 5.41) is 8.92. The molecule has 2 heterocycles. The third-order valence-corrected chi connectivity index (χ3v) is 3.19. The summed E-state index contributed by atoms with van der Waals surface area (Å²) in [6, 6.07) is 0. The molecule has 0 unspecified atom stereocenters. The third kappa shape index (κ3) is 1.45. The van der Waals surface area contributed by atoms with E-state index in [0.717, 1.165) is 17.9 Å². The number of rotatable bonds is 2. The van der Waals surface area contributed by atoms with Gasteiger partial charge in [0, 0.05) is 24.0 Å². The molecule has 2 aromatic rings. The van der Waals surface area contributed by atoms with Crippen LogP contribution >= 0.6 is 0 Å². The van der Waals surface area contributed by atoms with E-state index in [1.54, 1.807) is 0 Å². The van der Waals surface area contributed by atoms with Gasteiger partial charge in [0.05, 0.1) is 6.20 Å². The molecule has 0 N–H and O–H groups in total. The van der Waals surface area contributed by atoms with E-state index in [1.807, 2.05) is 22.6 Å². The Hall–Kier alpha value is -1.58. The second-order valence-corrected chi connectivity index (χ2v) is 4.20. The quantitative estimate of drug-likeness (QED) is 0.773. The molecule has 0 aliphatic rings. The maximum atomic E-state index is 4.54. The van der Waals surface area contributed by atoms with Crippen molar-refractivity contribution in [2.45, 2.75) is 34.1 Å². The van der Waals surface area contributed by atoms with E-state index in [9.17, 15) is 0 Å². The highest BCUT2D eigenvalue weighted by atomic mass is 15.4. The zero-order valence-corrected chi connectivity index (χ0v) is 10.6. The molecule has 0 saturated carbocycles. The molecule has 0 amide bonds.